The number of rotatable bonds is 14. The topological polar surface area (TPSA) is 24.9 Å². The van der Waals surface area contributed by atoms with E-state index in [-0.39, 0.29) is 0 Å². The molecule has 0 atom stereocenters. The molecule has 5 heteroatoms. The number of fused-ring (bicyclic) bond motifs is 3. The number of ether oxygens (including phenoxy) is 2. The predicted molar refractivity (Wildman–Crippen MR) is 135 cm³/mol. The van der Waals surface area contributed by atoms with E-state index >= 15 is 0 Å². The highest BCUT2D eigenvalue weighted by atomic mass is 32.1. The molecule has 0 amide bonds. The summed E-state index contributed by atoms with van der Waals surface area (Å²) in [6.07, 6.45) is 2.11. The number of hydrogen-bond donors (Lipinski definition) is 0. The lowest BCUT2D eigenvalue weighted by Crippen LogP contribution is -2.25. The number of hydrogen-bond acceptors (Lipinski definition) is 5. The van der Waals surface area contributed by atoms with Gasteiger partial charge in [0.1, 0.15) is 11.5 Å². The zero-order chi connectivity index (χ0) is 22.1. The SMILES string of the molecule is CCN(CC)CCCOc1ccc2c(c1)sc1ccc(OCCCN(CC)CC)cc12. The lowest BCUT2D eigenvalue weighted by Gasteiger charge is -2.17. The van der Waals surface area contributed by atoms with Crippen LogP contribution in [0.1, 0.15) is 40.5 Å². The zero-order valence-corrected chi connectivity index (χ0v) is 20.5. The van der Waals surface area contributed by atoms with Crippen LogP contribution in [-0.4, -0.2) is 62.3 Å². The van der Waals surface area contributed by atoms with E-state index in [4.69, 9.17) is 9.47 Å². The van der Waals surface area contributed by atoms with Gasteiger partial charge in [-0.15, -0.1) is 11.3 Å². The third-order valence-corrected chi connectivity index (χ3v) is 7.11. The summed E-state index contributed by atoms with van der Waals surface area (Å²) in [4.78, 5) is 4.87. The van der Waals surface area contributed by atoms with Gasteiger partial charge in [0.25, 0.3) is 0 Å². The molecule has 0 saturated carbocycles. The highest BCUT2D eigenvalue weighted by molar-refractivity contribution is 7.25. The van der Waals surface area contributed by atoms with Crippen LogP contribution < -0.4 is 9.47 Å². The van der Waals surface area contributed by atoms with Crippen molar-refractivity contribution in [1.29, 1.82) is 0 Å². The molecule has 3 aromatic rings. The van der Waals surface area contributed by atoms with Crippen molar-refractivity contribution in [2.24, 2.45) is 0 Å². The van der Waals surface area contributed by atoms with Crippen LogP contribution in [0.4, 0.5) is 0 Å². The Hall–Kier alpha value is -1.82. The first-order chi connectivity index (χ1) is 15.2. The van der Waals surface area contributed by atoms with Crippen LogP contribution >= 0.6 is 11.3 Å². The van der Waals surface area contributed by atoms with Crippen molar-refractivity contribution in [3.63, 3.8) is 0 Å². The number of thiophene rings is 1. The molecular weight excluding hydrogens is 404 g/mol. The summed E-state index contributed by atoms with van der Waals surface area (Å²) in [5.74, 6) is 1.93. The van der Waals surface area contributed by atoms with Crippen molar-refractivity contribution in [2.45, 2.75) is 40.5 Å². The normalized spacial score (nSPS) is 11.8. The van der Waals surface area contributed by atoms with Crippen LogP contribution in [0, 0.1) is 0 Å². The Labute approximate surface area is 191 Å². The molecule has 1 aromatic heterocycles. The molecule has 0 N–H and O–H groups in total. The van der Waals surface area contributed by atoms with Crippen LogP contribution in [0.15, 0.2) is 36.4 Å². The van der Waals surface area contributed by atoms with E-state index in [2.05, 4.69) is 73.9 Å². The first kappa shape index (κ1) is 23.8. The standard InChI is InChI=1S/C26H38N2O2S/c1-5-27(6-2)15-9-17-29-21-12-14-25-24(19-21)23-13-11-22(20-26(23)31-25)30-18-10-16-28(7-3)8-4/h11-14,19-20H,5-10,15-18H2,1-4H3. The summed E-state index contributed by atoms with van der Waals surface area (Å²) >= 11 is 1.82. The maximum atomic E-state index is 6.05. The van der Waals surface area contributed by atoms with Crippen molar-refractivity contribution in [1.82, 2.24) is 9.80 Å². The Bertz CT molecular complexity index is 932. The molecule has 2 aromatic carbocycles. The molecule has 0 aliphatic heterocycles. The van der Waals surface area contributed by atoms with Gasteiger partial charge < -0.3 is 19.3 Å². The van der Waals surface area contributed by atoms with Crippen LogP contribution in [0.3, 0.4) is 0 Å². The van der Waals surface area contributed by atoms with Gasteiger partial charge in [-0.05, 0) is 75.4 Å². The van der Waals surface area contributed by atoms with Crippen molar-refractivity contribution in [2.75, 3.05) is 52.5 Å². The van der Waals surface area contributed by atoms with Gasteiger partial charge in [0, 0.05) is 33.3 Å². The molecular formula is C26H38N2O2S. The Balaban J connectivity index is 1.59. The fourth-order valence-electron chi connectivity index (χ4n) is 3.95. The Morgan fingerprint density at radius 3 is 1.77 bits per heavy atom. The Kier molecular flexibility index (Phi) is 9.44. The molecule has 0 bridgehead atoms. The fourth-order valence-corrected chi connectivity index (χ4v) is 5.07. The van der Waals surface area contributed by atoms with E-state index in [9.17, 15) is 0 Å². The van der Waals surface area contributed by atoms with Crippen molar-refractivity contribution in [3.05, 3.63) is 36.4 Å². The lowest BCUT2D eigenvalue weighted by molar-refractivity contribution is 0.249. The molecule has 0 aliphatic rings. The van der Waals surface area contributed by atoms with Crippen molar-refractivity contribution in [3.8, 4) is 11.5 Å². The summed E-state index contributed by atoms with van der Waals surface area (Å²) < 4.78 is 14.6. The van der Waals surface area contributed by atoms with Gasteiger partial charge in [-0.25, -0.2) is 0 Å². The monoisotopic (exact) mass is 442 g/mol. The maximum Gasteiger partial charge on any atom is 0.120 e. The molecule has 3 rings (SSSR count). The molecule has 0 unspecified atom stereocenters. The number of nitrogens with zero attached hydrogens (tertiary/aromatic N) is 2. The highest BCUT2D eigenvalue weighted by Gasteiger charge is 2.08. The molecule has 170 valence electrons. The van der Waals surface area contributed by atoms with Crippen molar-refractivity contribution < 1.29 is 9.47 Å². The summed E-state index contributed by atoms with van der Waals surface area (Å²) in [5, 5.41) is 2.55. The van der Waals surface area contributed by atoms with Gasteiger partial charge in [-0.1, -0.05) is 27.7 Å². The minimum atomic E-state index is 0.759. The summed E-state index contributed by atoms with van der Waals surface area (Å²) in [5.41, 5.74) is 0. The van der Waals surface area contributed by atoms with E-state index in [0.717, 1.165) is 76.8 Å². The fraction of sp³-hybridized carbons (Fsp3) is 0.538. The van der Waals surface area contributed by atoms with Crippen molar-refractivity contribution >= 4 is 31.5 Å². The first-order valence-electron chi connectivity index (χ1n) is 11.8. The second-order valence-corrected chi connectivity index (χ2v) is 8.96. The molecule has 4 nitrogen and oxygen atoms in total. The third kappa shape index (κ3) is 6.58. The van der Waals surface area contributed by atoms with Crippen LogP contribution in [0.5, 0.6) is 11.5 Å². The molecule has 1 heterocycles. The quantitative estimate of drug-likeness (QED) is 0.274. The minimum absolute atomic E-state index is 0.759. The molecule has 0 spiro atoms. The Morgan fingerprint density at radius 2 is 1.19 bits per heavy atom. The van der Waals surface area contributed by atoms with E-state index in [0.29, 0.717) is 0 Å². The van der Waals surface area contributed by atoms with Gasteiger partial charge in [0.15, 0.2) is 0 Å². The highest BCUT2D eigenvalue weighted by Crippen LogP contribution is 2.37. The maximum absolute atomic E-state index is 6.05. The second kappa shape index (κ2) is 12.3. The zero-order valence-electron chi connectivity index (χ0n) is 19.7. The molecule has 31 heavy (non-hydrogen) atoms. The molecule has 0 aliphatic carbocycles. The van der Waals surface area contributed by atoms with Crippen LogP contribution in [0.25, 0.3) is 20.2 Å². The summed E-state index contributed by atoms with van der Waals surface area (Å²) in [6.45, 7) is 17.0. The van der Waals surface area contributed by atoms with E-state index in [1.165, 1.54) is 20.2 Å². The lowest BCUT2D eigenvalue weighted by atomic mass is 10.1. The minimum Gasteiger partial charge on any atom is -0.494 e. The largest absolute Gasteiger partial charge is 0.494 e. The Morgan fingerprint density at radius 1 is 0.645 bits per heavy atom. The smallest absolute Gasteiger partial charge is 0.120 e. The molecule has 0 radical (unpaired) electrons. The van der Waals surface area contributed by atoms with E-state index in [1.807, 2.05) is 11.3 Å². The first-order valence-corrected chi connectivity index (χ1v) is 12.7. The van der Waals surface area contributed by atoms with Gasteiger partial charge >= 0.3 is 0 Å². The average Bonchev–Trinajstić information content (AvgIpc) is 3.16. The average molecular weight is 443 g/mol. The molecule has 0 fully saturated rings. The van der Waals surface area contributed by atoms with Gasteiger partial charge in [-0.3, -0.25) is 0 Å². The third-order valence-electron chi connectivity index (χ3n) is 5.98. The predicted octanol–water partition coefficient (Wildman–Crippen LogP) is 6.28. The summed E-state index contributed by atoms with van der Waals surface area (Å²) in [7, 11) is 0. The molecule has 0 saturated heterocycles. The van der Waals surface area contributed by atoms with Crippen LogP contribution in [-0.2, 0) is 0 Å². The van der Waals surface area contributed by atoms with Gasteiger partial charge in [0.2, 0.25) is 0 Å². The van der Waals surface area contributed by atoms with Gasteiger partial charge in [-0.2, -0.15) is 0 Å². The van der Waals surface area contributed by atoms with Crippen LogP contribution in [0.2, 0.25) is 0 Å². The summed E-state index contributed by atoms with van der Waals surface area (Å²) in [6, 6.07) is 12.9. The van der Waals surface area contributed by atoms with Gasteiger partial charge in [0.05, 0.1) is 13.2 Å². The second-order valence-electron chi connectivity index (χ2n) is 7.88. The van der Waals surface area contributed by atoms with E-state index in [1.54, 1.807) is 0 Å². The van der Waals surface area contributed by atoms with E-state index < -0.39 is 0 Å². The number of benzene rings is 2.